The molecule has 3 rings (SSSR count). The van der Waals surface area contributed by atoms with E-state index >= 15 is 0 Å². The fourth-order valence-corrected chi connectivity index (χ4v) is 3.31. The van der Waals surface area contributed by atoms with E-state index in [0.717, 1.165) is 62.0 Å². The van der Waals surface area contributed by atoms with Gasteiger partial charge in [0.15, 0.2) is 0 Å². The van der Waals surface area contributed by atoms with Crippen LogP contribution in [0.25, 0.3) is 0 Å². The Morgan fingerprint density at radius 2 is 1.68 bits per heavy atom. The summed E-state index contributed by atoms with van der Waals surface area (Å²) in [5, 5.41) is 0. The Kier molecular flexibility index (Phi) is 5.66. The number of anilines is 2. The molecule has 1 heterocycles. The highest BCUT2D eigenvalue weighted by Gasteiger charge is 2.17. The average molecular weight is 341 g/mol. The second-order valence-electron chi connectivity index (χ2n) is 6.43. The summed E-state index contributed by atoms with van der Waals surface area (Å²) in [5.74, 6) is 1.66. The third-order valence-electron chi connectivity index (χ3n) is 4.65. The van der Waals surface area contributed by atoms with Crippen LogP contribution in [0.2, 0.25) is 0 Å². The van der Waals surface area contributed by atoms with Gasteiger partial charge in [-0.3, -0.25) is 4.90 Å². The zero-order chi connectivity index (χ0) is 17.6. The van der Waals surface area contributed by atoms with Gasteiger partial charge in [-0.1, -0.05) is 12.1 Å². The summed E-state index contributed by atoms with van der Waals surface area (Å²) in [4.78, 5) is 4.90. The molecule has 2 aromatic rings. The molecule has 0 radical (unpaired) electrons. The van der Waals surface area contributed by atoms with E-state index < -0.39 is 0 Å². The molecule has 0 aliphatic carbocycles. The molecule has 0 unspecified atom stereocenters. The average Bonchev–Trinajstić information content (AvgIpc) is 2.87. The Hall–Kier alpha value is -2.40. The summed E-state index contributed by atoms with van der Waals surface area (Å²) in [6.45, 7) is 5.07. The van der Waals surface area contributed by atoms with E-state index in [1.807, 2.05) is 18.2 Å². The smallest absolute Gasteiger partial charge is 0.124 e. The second-order valence-corrected chi connectivity index (χ2v) is 6.43. The summed E-state index contributed by atoms with van der Waals surface area (Å²) < 4.78 is 10.8. The zero-order valence-electron chi connectivity index (χ0n) is 15.1. The van der Waals surface area contributed by atoms with Gasteiger partial charge in [0.1, 0.15) is 11.5 Å². The van der Waals surface area contributed by atoms with Gasteiger partial charge in [-0.25, -0.2) is 0 Å². The lowest BCUT2D eigenvalue weighted by Crippen LogP contribution is -2.30. The summed E-state index contributed by atoms with van der Waals surface area (Å²) in [6.07, 6.45) is 1.13. The maximum Gasteiger partial charge on any atom is 0.124 e. The standard InChI is InChI=1S/C20H27N3O2/c1-24-19-12-18(13-20(14-19)25-2)23-8-4-7-22(9-10-23)15-16-5-3-6-17(21)11-16/h3,5-6,11-14H,4,7-10,15,21H2,1-2H3. The van der Waals surface area contributed by atoms with E-state index in [1.54, 1.807) is 14.2 Å². The van der Waals surface area contributed by atoms with E-state index in [2.05, 4.69) is 34.1 Å². The molecule has 25 heavy (non-hydrogen) atoms. The van der Waals surface area contributed by atoms with Crippen LogP contribution >= 0.6 is 0 Å². The monoisotopic (exact) mass is 341 g/mol. The molecule has 2 N–H and O–H groups in total. The molecular formula is C20H27N3O2. The van der Waals surface area contributed by atoms with E-state index in [-0.39, 0.29) is 0 Å². The first-order chi connectivity index (χ1) is 12.2. The van der Waals surface area contributed by atoms with Crippen molar-refractivity contribution in [1.29, 1.82) is 0 Å². The van der Waals surface area contributed by atoms with Crippen molar-refractivity contribution < 1.29 is 9.47 Å². The SMILES string of the molecule is COc1cc(OC)cc(N2CCCN(Cc3cccc(N)c3)CC2)c1. The number of hydrogen-bond donors (Lipinski definition) is 1. The molecule has 5 heteroatoms. The minimum Gasteiger partial charge on any atom is -0.497 e. The lowest BCUT2D eigenvalue weighted by molar-refractivity contribution is 0.285. The topological polar surface area (TPSA) is 51.0 Å². The highest BCUT2D eigenvalue weighted by Crippen LogP contribution is 2.29. The van der Waals surface area contributed by atoms with Gasteiger partial charge >= 0.3 is 0 Å². The van der Waals surface area contributed by atoms with Gasteiger partial charge in [-0.2, -0.15) is 0 Å². The quantitative estimate of drug-likeness (QED) is 0.847. The first-order valence-corrected chi connectivity index (χ1v) is 8.73. The Labute approximate surface area is 149 Å². The maximum absolute atomic E-state index is 5.90. The number of nitrogens with zero attached hydrogens (tertiary/aromatic N) is 2. The van der Waals surface area contributed by atoms with Crippen molar-refractivity contribution in [2.75, 3.05) is 51.0 Å². The van der Waals surface area contributed by atoms with Crippen LogP contribution in [0.4, 0.5) is 11.4 Å². The molecule has 1 fully saturated rings. The van der Waals surface area contributed by atoms with Crippen molar-refractivity contribution in [3.63, 3.8) is 0 Å². The van der Waals surface area contributed by atoms with Gasteiger partial charge in [0.2, 0.25) is 0 Å². The number of rotatable bonds is 5. The van der Waals surface area contributed by atoms with Gasteiger partial charge < -0.3 is 20.1 Å². The Morgan fingerprint density at radius 3 is 2.36 bits per heavy atom. The minimum absolute atomic E-state index is 0.829. The molecule has 1 aliphatic heterocycles. The summed E-state index contributed by atoms with van der Waals surface area (Å²) in [5.41, 5.74) is 9.16. The van der Waals surface area contributed by atoms with Crippen LogP contribution in [0, 0.1) is 0 Å². The van der Waals surface area contributed by atoms with Crippen LogP contribution < -0.4 is 20.1 Å². The highest BCUT2D eigenvalue weighted by atomic mass is 16.5. The van der Waals surface area contributed by atoms with Crippen LogP contribution in [0.3, 0.4) is 0 Å². The number of methoxy groups -OCH3 is 2. The molecule has 0 saturated carbocycles. The van der Waals surface area contributed by atoms with Crippen molar-refractivity contribution >= 4 is 11.4 Å². The second kappa shape index (κ2) is 8.12. The predicted molar refractivity (Wildman–Crippen MR) is 103 cm³/mol. The van der Waals surface area contributed by atoms with Crippen LogP contribution in [0.15, 0.2) is 42.5 Å². The van der Waals surface area contributed by atoms with Crippen molar-refractivity contribution in [2.24, 2.45) is 0 Å². The van der Waals surface area contributed by atoms with Crippen LogP contribution in [0.1, 0.15) is 12.0 Å². The molecule has 134 valence electrons. The fourth-order valence-electron chi connectivity index (χ4n) is 3.31. The molecule has 1 aliphatic rings. The minimum atomic E-state index is 0.829. The highest BCUT2D eigenvalue weighted by molar-refractivity contribution is 5.55. The van der Waals surface area contributed by atoms with Crippen LogP contribution in [-0.4, -0.2) is 45.3 Å². The third kappa shape index (κ3) is 4.57. The van der Waals surface area contributed by atoms with E-state index in [0.29, 0.717) is 0 Å². The number of nitrogen functional groups attached to an aromatic ring is 1. The molecule has 0 aromatic heterocycles. The maximum atomic E-state index is 5.90. The third-order valence-corrected chi connectivity index (χ3v) is 4.65. The summed E-state index contributed by atoms with van der Waals surface area (Å²) >= 11 is 0. The fraction of sp³-hybridized carbons (Fsp3) is 0.400. The molecule has 0 amide bonds. The summed E-state index contributed by atoms with van der Waals surface area (Å²) in [6, 6.07) is 14.2. The van der Waals surface area contributed by atoms with Gasteiger partial charge in [0.05, 0.1) is 14.2 Å². The Balaban J connectivity index is 1.67. The van der Waals surface area contributed by atoms with E-state index in [4.69, 9.17) is 15.2 Å². The van der Waals surface area contributed by atoms with Crippen molar-refractivity contribution in [2.45, 2.75) is 13.0 Å². The summed E-state index contributed by atoms with van der Waals surface area (Å²) in [7, 11) is 3.38. The lowest BCUT2D eigenvalue weighted by atomic mass is 10.2. The van der Waals surface area contributed by atoms with Crippen molar-refractivity contribution in [3.8, 4) is 11.5 Å². The molecule has 5 nitrogen and oxygen atoms in total. The largest absolute Gasteiger partial charge is 0.497 e. The van der Waals surface area contributed by atoms with E-state index in [9.17, 15) is 0 Å². The number of ether oxygens (including phenoxy) is 2. The number of hydrogen-bond acceptors (Lipinski definition) is 5. The van der Waals surface area contributed by atoms with Gasteiger partial charge in [0.25, 0.3) is 0 Å². The molecule has 0 atom stereocenters. The van der Waals surface area contributed by atoms with Crippen molar-refractivity contribution in [1.82, 2.24) is 4.90 Å². The first-order valence-electron chi connectivity index (χ1n) is 8.73. The molecule has 1 saturated heterocycles. The lowest BCUT2D eigenvalue weighted by Gasteiger charge is -2.24. The normalized spacial score (nSPS) is 15.7. The molecular weight excluding hydrogens is 314 g/mol. The van der Waals surface area contributed by atoms with Gasteiger partial charge in [-0.05, 0) is 24.1 Å². The van der Waals surface area contributed by atoms with E-state index in [1.165, 1.54) is 5.56 Å². The molecule has 0 spiro atoms. The zero-order valence-corrected chi connectivity index (χ0v) is 15.1. The first kappa shape index (κ1) is 17.4. The predicted octanol–water partition coefficient (Wildman–Crippen LogP) is 3.00. The number of nitrogens with two attached hydrogens (primary N) is 1. The number of benzene rings is 2. The Morgan fingerprint density at radius 1 is 0.920 bits per heavy atom. The molecule has 2 aromatic carbocycles. The van der Waals surface area contributed by atoms with Gasteiger partial charge in [-0.15, -0.1) is 0 Å². The van der Waals surface area contributed by atoms with Crippen LogP contribution in [-0.2, 0) is 6.54 Å². The van der Waals surface area contributed by atoms with Crippen LogP contribution in [0.5, 0.6) is 11.5 Å². The molecule has 0 bridgehead atoms. The van der Waals surface area contributed by atoms with Gasteiger partial charge in [0, 0.05) is 62.3 Å². The van der Waals surface area contributed by atoms with Crippen molar-refractivity contribution in [3.05, 3.63) is 48.0 Å². The Bertz CT molecular complexity index is 683.